The zero-order valence-electron chi connectivity index (χ0n) is 36.1. The minimum absolute atomic E-state index is 0.413. The molecule has 1 unspecified atom stereocenters. The molecule has 1 atom stereocenters. The molecule has 6 aromatic carbocycles. The van der Waals surface area contributed by atoms with E-state index < -0.39 is 0 Å². The van der Waals surface area contributed by atoms with E-state index in [0.717, 1.165) is 39.3 Å². The molecule has 0 bridgehead atoms. The molecule has 323 valence electrons. The molecule has 7 rings (SSSR count). The predicted molar refractivity (Wildman–Crippen MR) is 287 cm³/mol. The van der Waals surface area contributed by atoms with Gasteiger partial charge in [-0.25, -0.2) is 0 Å². The third-order valence-corrected chi connectivity index (χ3v) is 12.8. The van der Waals surface area contributed by atoms with Gasteiger partial charge in [0.15, 0.2) is 0 Å². The van der Waals surface area contributed by atoms with Crippen LogP contribution in [0.2, 0.25) is 3.12 Å². The summed E-state index contributed by atoms with van der Waals surface area (Å²) in [5, 5.41) is 0. The van der Waals surface area contributed by atoms with E-state index in [1.54, 1.807) is 24.7 Å². The molecule has 0 spiro atoms. The number of allylic oxidation sites excluding steroid dienone is 4. The fourth-order valence-corrected chi connectivity index (χ4v) is 8.05. The van der Waals surface area contributed by atoms with Gasteiger partial charge in [0.05, 0.1) is 0 Å². The minimum atomic E-state index is 0.413. The molecule has 0 radical (unpaired) electrons. The maximum atomic E-state index is 5.21. The Bertz CT molecular complexity index is 1970. The van der Waals surface area contributed by atoms with Crippen LogP contribution in [0.4, 0.5) is 0 Å². The Labute approximate surface area is 424 Å². The fraction of sp³-hybridized carbons (Fsp3) is 0.189. The Morgan fingerprint density at radius 2 is 0.603 bits per heavy atom. The van der Waals surface area contributed by atoms with Crippen molar-refractivity contribution in [1.82, 2.24) is 14.7 Å². The zero-order valence-corrected chi connectivity index (χ0v) is 43.7. The molecule has 0 aromatic heterocycles. The molecule has 63 heavy (non-hydrogen) atoms. The minimum Gasteiger partial charge on any atom is -0.349 e. The number of hydrogen-bond acceptors (Lipinski definition) is 3. The molecule has 1 aliphatic carbocycles. The van der Waals surface area contributed by atoms with Gasteiger partial charge in [-0.15, -0.1) is 37.9 Å². The zero-order chi connectivity index (χ0) is 45.5. The third kappa shape index (κ3) is 20.4. The third-order valence-electron chi connectivity index (χ3n) is 9.89. The van der Waals surface area contributed by atoms with Crippen molar-refractivity contribution < 1.29 is 24.7 Å². The van der Waals surface area contributed by atoms with Gasteiger partial charge in [0.25, 0.3) is 0 Å². The van der Waals surface area contributed by atoms with Crippen LogP contribution >= 0.6 is 74.5 Å². The van der Waals surface area contributed by atoms with Crippen LogP contribution in [0, 0.1) is 0 Å². The van der Waals surface area contributed by atoms with Gasteiger partial charge in [-0.05, 0) is 33.4 Å². The first-order valence-corrected chi connectivity index (χ1v) is 24.4. The van der Waals surface area contributed by atoms with Gasteiger partial charge in [-0.1, -0.05) is 219 Å². The first kappa shape index (κ1) is 52.0. The maximum absolute atomic E-state index is 5.21. The number of rotatable bonds is 12. The molecular formula is C53H56N3S6Zr. The van der Waals surface area contributed by atoms with Crippen molar-refractivity contribution in [3.8, 4) is 0 Å². The second-order valence-corrected chi connectivity index (χ2v) is 21.1. The van der Waals surface area contributed by atoms with Crippen LogP contribution in [-0.4, -0.2) is 27.7 Å². The summed E-state index contributed by atoms with van der Waals surface area (Å²) in [7, 11) is 0. The van der Waals surface area contributed by atoms with Crippen molar-refractivity contribution in [2.45, 2.75) is 63.2 Å². The Morgan fingerprint density at radius 3 is 0.714 bits per heavy atom. The number of hydrogen-bond donors (Lipinski definition) is 3. The van der Waals surface area contributed by atoms with Gasteiger partial charge in [0.1, 0.15) is 13.0 Å². The Kier molecular flexibility index (Phi) is 23.4. The molecule has 1 aliphatic rings. The summed E-state index contributed by atoms with van der Waals surface area (Å²) in [6.45, 7) is 11.4. The van der Waals surface area contributed by atoms with Crippen LogP contribution < -0.4 is 0 Å². The van der Waals surface area contributed by atoms with Crippen LogP contribution in [-0.2, 0) is 64.0 Å². The summed E-state index contributed by atoms with van der Waals surface area (Å²) in [6.07, 6.45) is 4.62. The van der Waals surface area contributed by atoms with E-state index in [9.17, 15) is 0 Å². The second-order valence-electron chi connectivity index (χ2n) is 15.2. The van der Waals surface area contributed by atoms with Crippen molar-refractivity contribution in [1.29, 1.82) is 0 Å². The average Bonchev–Trinajstić information content (AvgIpc) is 3.53. The molecule has 0 aliphatic heterocycles. The van der Waals surface area contributed by atoms with Gasteiger partial charge in [-0.3, -0.25) is 0 Å². The van der Waals surface area contributed by atoms with Crippen LogP contribution in [0.25, 0.3) is 0 Å². The second kappa shape index (κ2) is 28.3. The van der Waals surface area contributed by atoms with Crippen molar-refractivity contribution in [3.63, 3.8) is 0 Å². The Morgan fingerprint density at radius 1 is 0.413 bits per heavy atom. The maximum Gasteiger partial charge on any atom is 0.133 e. The van der Waals surface area contributed by atoms with Gasteiger partial charge in [0, 0.05) is 39.3 Å². The fourth-order valence-electron chi connectivity index (χ4n) is 6.50. The largest absolute Gasteiger partial charge is 0.349 e. The van der Waals surface area contributed by atoms with Crippen molar-refractivity contribution in [3.05, 3.63) is 239 Å². The van der Waals surface area contributed by atoms with E-state index in [-0.39, 0.29) is 0 Å². The van der Waals surface area contributed by atoms with Crippen LogP contribution in [0.3, 0.4) is 0 Å². The normalized spacial score (nSPS) is 13.5. The smallest absolute Gasteiger partial charge is 0.133 e. The molecule has 0 fully saturated rings. The monoisotopic (exact) mass is 1020 g/mol. The van der Waals surface area contributed by atoms with E-state index in [1.165, 1.54) is 44.5 Å². The molecule has 3 nitrogen and oxygen atoms in total. The summed E-state index contributed by atoms with van der Waals surface area (Å²) < 4.78 is 2.30. The van der Waals surface area contributed by atoms with Gasteiger partial charge in [0.2, 0.25) is 0 Å². The molecule has 0 saturated heterocycles. The summed E-state index contributed by atoms with van der Waals surface area (Å²) in [6, 6.07) is 61.8. The number of thiocarbonyl (C=S) groups is 3. The van der Waals surface area contributed by atoms with Gasteiger partial charge in [-0.2, -0.15) is 0 Å². The summed E-state index contributed by atoms with van der Waals surface area (Å²) in [5.74, 6) is 0. The van der Waals surface area contributed by atoms with E-state index in [0.29, 0.717) is 16.1 Å². The number of nitrogens with zero attached hydrogens (tertiary/aromatic N) is 3. The summed E-state index contributed by atoms with van der Waals surface area (Å²) in [4.78, 5) is 6.26. The first-order chi connectivity index (χ1) is 30.3. The van der Waals surface area contributed by atoms with E-state index in [4.69, 9.17) is 36.7 Å². The number of thiol groups is 3. The quantitative estimate of drug-likeness (QED) is 0.0827. The molecule has 0 N–H and O–H groups in total. The number of benzene rings is 6. The summed E-state index contributed by atoms with van der Waals surface area (Å²) in [5.41, 5.74) is 10.4. The van der Waals surface area contributed by atoms with Crippen LogP contribution in [0.5, 0.6) is 0 Å². The van der Waals surface area contributed by atoms with Gasteiger partial charge < -0.3 is 14.7 Å². The van der Waals surface area contributed by atoms with E-state index in [2.05, 4.69) is 158 Å². The summed E-state index contributed by atoms with van der Waals surface area (Å²) >= 11 is 30.1. The van der Waals surface area contributed by atoms with Gasteiger partial charge >= 0.3 is 71.9 Å². The van der Waals surface area contributed by atoms with E-state index in [1.807, 2.05) is 109 Å². The molecule has 10 heteroatoms. The Hall–Kier alpha value is -3.60. The molecule has 6 aromatic rings. The van der Waals surface area contributed by atoms with Crippen molar-refractivity contribution >= 4 is 87.5 Å². The standard InChI is InChI=1S/3C15H15NS2.C8H11.Zr/c3*17-15(18)16(11-13-7-3-1-4-8-13)12-14-9-5-2-6-10-14;1-6-4-7(2)8(3)5-6;/h3*1-10H,11-12H2,(H,17,18);4-5H,1-3H3;. The SMILES string of the molecule is CC1=C[C](C)([Zr])C(C)=C1.S=C(S)N(Cc1ccccc1)Cc1ccccc1.S=C(S)N(Cc1ccccc1)Cc1ccccc1.S=C(S)N(Cc1ccccc1)Cc1ccccc1. The topological polar surface area (TPSA) is 9.72 Å². The van der Waals surface area contributed by atoms with E-state index >= 15 is 0 Å². The predicted octanol–water partition coefficient (Wildman–Crippen LogP) is 14.3. The molecular weight excluding hydrogens is 962 g/mol. The first-order valence-electron chi connectivity index (χ1n) is 20.6. The van der Waals surface area contributed by atoms with Crippen molar-refractivity contribution in [2.24, 2.45) is 0 Å². The Balaban J connectivity index is 0.000000189. The molecule has 0 saturated carbocycles. The van der Waals surface area contributed by atoms with Crippen molar-refractivity contribution in [2.75, 3.05) is 0 Å². The molecule has 0 amide bonds. The van der Waals surface area contributed by atoms with Crippen LogP contribution in [0.15, 0.2) is 205 Å². The molecule has 0 heterocycles. The van der Waals surface area contributed by atoms with Crippen LogP contribution in [0.1, 0.15) is 54.2 Å². The average molecular weight is 1020 g/mol.